The van der Waals surface area contributed by atoms with Gasteiger partial charge >= 0.3 is 0 Å². The van der Waals surface area contributed by atoms with Crippen molar-refractivity contribution < 1.29 is 4.79 Å². The van der Waals surface area contributed by atoms with Crippen molar-refractivity contribution in [1.82, 2.24) is 4.90 Å². The quantitative estimate of drug-likeness (QED) is 0.458. The van der Waals surface area contributed by atoms with Crippen molar-refractivity contribution in [3.05, 3.63) is 12.2 Å². The van der Waals surface area contributed by atoms with Crippen LogP contribution in [0.1, 0.15) is 39.0 Å². The Hall–Kier alpha value is -0.790. The smallest absolute Gasteiger partial charge is 0.245 e. The van der Waals surface area contributed by atoms with Crippen LogP contribution in [-0.2, 0) is 4.79 Å². The minimum Gasteiger partial charge on any atom is -0.345 e. The van der Waals surface area contributed by atoms with E-state index < -0.39 is 0 Å². The number of carbonyl (C=O) groups is 1. The summed E-state index contributed by atoms with van der Waals surface area (Å²) in [6, 6.07) is 0. The number of allylic oxidation sites excluding steroid dienone is 1. The Morgan fingerprint density at radius 3 is 2.46 bits per heavy atom. The maximum absolute atomic E-state index is 11.1. The molecule has 0 heterocycles. The highest BCUT2D eigenvalue weighted by molar-refractivity contribution is 5.86. The predicted octanol–water partition coefficient (Wildman–Crippen LogP) is 2.60. The van der Waals surface area contributed by atoms with Crippen LogP contribution in [0.15, 0.2) is 12.2 Å². The van der Waals surface area contributed by atoms with Crippen molar-refractivity contribution in [3.8, 4) is 0 Å². The SMILES string of the molecule is CCCCCC/C=C\C(=O)N(C)C. The Labute approximate surface area is 81.6 Å². The van der Waals surface area contributed by atoms with Crippen LogP contribution in [0.2, 0.25) is 0 Å². The zero-order chi connectivity index (χ0) is 10.1. The number of amides is 1. The van der Waals surface area contributed by atoms with E-state index in [-0.39, 0.29) is 5.91 Å². The standard InChI is InChI=1S/C11H21NO/c1-4-5-6-7-8-9-10-11(13)12(2)3/h9-10H,4-8H2,1-3H3/b10-9-. The van der Waals surface area contributed by atoms with E-state index in [0.717, 1.165) is 6.42 Å². The molecule has 13 heavy (non-hydrogen) atoms. The first-order valence-electron chi connectivity index (χ1n) is 5.06. The Bertz CT molecular complexity index is 161. The summed E-state index contributed by atoms with van der Waals surface area (Å²) >= 11 is 0. The van der Waals surface area contributed by atoms with E-state index in [4.69, 9.17) is 0 Å². The molecule has 0 bridgehead atoms. The van der Waals surface area contributed by atoms with E-state index in [0.29, 0.717) is 0 Å². The van der Waals surface area contributed by atoms with Gasteiger partial charge in [-0.05, 0) is 18.9 Å². The van der Waals surface area contributed by atoms with Crippen molar-refractivity contribution >= 4 is 5.91 Å². The van der Waals surface area contributed by atoms with Crippen molar-refractivity contribution in [2.75, 3.05) is 14.1 Å². The van der Waals surface area contributed by atoms with Crippen LogP contribution in [0.5, 0.6) is 0 Å². The molecular formula is C11H21NO. The molecule has 0 spiro atoms. The lowest BCUT2D eigenvalue weighted by Crippen LogP contribution is -2.18. The minimum atomic E-state index is 0.0792. The maximum atomic E-state index is 11.1. The third-order valence-electron chi connectivity index (χ3n) is 1.93. The molecule has 1 amide bonds. The molecule has 0 N–H and O–H groups in total. The van der Waals surface area contributed by atoms with Gasteiger partial charge in [-0.25, -0.2) is 0 Å². The fourth-order valence-corrected chi connectivity index (χ4v) is 1.02. The molecule has 0 aromatic carbocycles. The number of unbranched alkanes of at least 4 members (excludes halogenated alkanes) is 4. The zero-order valence-corrected chi connectivity index (χ0v) is 9.05. The Morgan fingerprint density at radius 1 is 1.23 bits per heavy atom. The number of carbonyl (C=O) groups excluding carboxylic acids is 1. The third-order valence-corrected chi connectivity index (χ3v) is 1.93. The lowest BCUT2D eigenvalue weighted by atomic mass is 10.1. The summed E-state index contributed by atoms with van der Waals surface area (Å²) in [5.74, 6) is 0.0792. The summed E-state index contributed by atoms with van der Waals surface area (Å²) in [5, 5.41) is 0. The molecule has 0 rings (SSSR count). The molecule has 0 aliphatic heterocycles. The number of rotatable bonds is 6. The molecule has 0 saturated heterocycles. The Kier molecular flexibility index (Phi) is 7.36. The summed E-state index contributed by atoms with van der Waals surface area (Å²) in [6.45, 7) is 2.20. The van der Waals surface area contributed by atoms with Gasteiger partial charge in [0.25, 0.3) is 0 Å². The van der Waals surface area contributed by atoms with E-state index >= 15 is 0 Å². The van der Waals surface area contributed by atoms with E-state index in [1.807, 2.05) is 6.08 Å². The van der Waals surface area contributed by atoms with Gasteiger partial charge in [0.2, 0.25) is 5.91 Å². The molecule has 0 fully saturated rings. The van der Waals surface area contributed by atoms with Gasteiger partial charge in [-0.3, -0.25) is 4.79 Å². The summed E-state index contributed by atoms with van der Waals surface area (Å²) < 4.78 is 0. The van der Waals surface area contributed by atoms with Crippen molar-refractivity contribution in [3.63, 3.8) is 0 Å². The molecule has 2 nitrogen and oxygen atoms in total. The molecule has 0 aromatic heterocycles. The topological polar surface area (TPSA) is 20.3 Å². The van der Waals surface area contributed by atoms with E-state index in [9.17, 15) is 4.79 Å². The van der Waals surface area contributed by atoms with Crippen molar-refractivity contribution in [1.29, 1.82) is 0 Å². The van der Waals surface area contributed by atoms with Crippen LogP contribution in [-0.4, -0.2) is 24.9 Å². The average Bonchev–Trinajstić information content (AvgIpc) is 2.10. The predicted molar refractivity (Wildman–Crippen MR) is 56.6 cm³/mol. The zero-order valence-electron chi connectivity index (χ0n) is 9.05. The van der Waals surface area contributed by atoms with Gasteiger partial charge in [0, 0.05) is 14.1 Å². The number of hydrogen-bond acceptors (Lipinski definition) is 1. The summed E-state index contributed by atoms with van der Waals surface area (Å²) in [4.78, 5) is 12.7. The van der Waals surface area contributed by atoms with Gasteiger partial charge < -0.3 is 4.90 Å². The third kappa shape index (κ3) is 7.57. The van der Waals surface area contributed by atoms with E-state index in [1.165, 1.54) is 25.7 Å². The highest BCUT2D eigenvalue weighted by Gasteiger charge is 1.95. The first-order valence-corrected chi connectivity index (χ1v) is 5.06. The van der Waals surface area contributed by atoms with Crippen molar-refractivity contribution in [2.45, 2.75) is 39.0 Å². The highest BCUT2D eigenvalue weighted by Crippen LogP contribution is 2.02. The van der Waals surface area contributed by atoms with Crippen molar-refractivity contribution in [2.24, 2.45) is 0 Å². The number of hydrogen-bond donors (Lipinski definition) is 0. The Balaban J connectivity index is 3.36. The van der Waals surface area contributed by atoms with Gasteiger partial charge in [0.15, 0.2) is 0 Å². The highest BCUT2D eigenvalue weighted by atomic mass is 16.2. The fraction of sp³-hybridized carbons (Fsp3) is 0.727. The van der Waals surface area contributed by atoms with Crippen LogP contribution in [0, 0.1) is 0 Å². The summed E-state index contributed by atoms with van der Waals surface area (Å²) in [5.41, 5.74) is 0. The van der Waals surface area contributed by atoms with E-state index in [1.54, 1.807) is 25.1 Å². The fourth-order valence-electron chi connectivity index (χ4n) is 1.02. The van der Waals surface area contributed by atoms with Gasteiger partial charge in [-0.1, -0.05) is 32.3 Å². The van der Waals surface area contributed by atoms with Crippen LogP contribution in [0.3, 0.4) is 0 Å². The molecule has 76 valence electrons. The van der Waals surface area contributed by atoms with Gasteiger partial charge in [-0.2, -0.15) is 0 Å². The van der Waals surface area contributed by atoms with Gasteiger partial charge in [0.05, 0.1) is 0 Å². The molecule has 0 unspecified atom stereocenters. The second kappa shape index (κ2) is 7.84. The molecule has 0 aromatic rings. The van der Waals surface area contributed by atoms with Crippen LogP contribution in [0.25, 0.3) is 0 Å². The number of likely N-dealkylation sites (N-methyl/N-ethyl adjacent to an activating group) is 1. The number of nitrogens with zero attached hydrogens (tertiary/aromatic N) is 1. The average molecular weight is 183 g/mol. The molecule has 0 aliphatic rings. The summed E-state index contributed by atoms with van der Waals surface area (Å²) in [7, 11) is 3.54. The maximum Gasteiger partial charge on any atom is 0.245 e. The van der Waals surface area contributed by atoms with Crippen LogP contribution in [0.4, 0.5) is 0 Å². The molecule has 0 aliphatic carbocycles. The first kappa shape index (κ1) is 12.2. The van der Waals surface area contributed by atoms with E-state index in [2.05, 4.69) is 6.92 Å². The molecular weight excluding hydrogens is 162 g/mol. The monoisotopic (exact) mass is 183 g/mol. The summed E-state index contributed by atoms with van der Waals surface area (Å²) in [6.07, 6.45) is 9.70. The minimum absolute atomic E-state index is 0.0792. The second-order valence-electron chi connectivity index (χ2n) is 3.48. The first-order chi connectivity index (χ1) is 6.18. The lowest BCUT2D eigenvalue weighted by molar-refractivity contribution is -0.123. The molecule has 0 radical (unpaired) electrons. The van der Waals surface area contributed by atoms with Crippen LogP contribution >= 0.6 is 0 Å². The Morgan fingerprint density at radius 2 is 1.92 bits per heavy atom. The normalized spacial score (nSPS) is 10.7. The molecule has 0 saturated carbocycles. The second-order valence-corrected chi connectivity index (χ2v) is 3.48. The largest absolute Gasteiger partial charge is 0.345 e. The van der Waals surface area contributed by atoms with Crippen LogP contribution < -0.4 is 0 Å². The van der Waals surface area contributed by atoms with Gasteiger partial charge in [0.1, 0.15) is 0 Å². The molecule has 2 heteroatoms. The lowest BCUT2D eigenvalue weighted by Gasteiger charge is -2.04. The molecule has 0 atom stereocenters. The van der Waals surface area contributed by atoms with Gasteiger partial charge in [-0.15, -0.1) is 0 Å².